The van der Waals surface area contributed by atoms with Crippen LogP contribution in [0.15, 0.2) is 12.2 Å². The van der Waals surface area contributed by atoms with Crippen LogP contribution in [0.2, 0.25) is 0 Å². The van der Waals surface area contributed by atoms with Gasteiger partial charge in [0.05, 0.1) is 25.4 Å². The molecule has 0 heterocycles. The minimum Gasteiger partial charge on any atom is -0.466 e. The number of allylic oxidation sites excluding steroid dienone is 1. The summed E-state index contributed by atoms with van der Waals surface area (Å²) in [5, 5.41) is 23.3. The second-order valence-electron chi connectivity index (χ2n) is 30.6. The fourth-order valence-corrected chi connectivity index (χ4v) is 14.4. The molecule has 0 aromatic rings. The lowest BCUT2D eigenvalue weighted by molar-refractivity contribution is -0.143. The van der Waals surface area contributed by atoms with E-state index in [9.17, 15) is 19.8 Å². The Hall–Kier alpha value is -1.40. The molecule has 2 atom stereocenters. The van der Waals surface area contributed by atoms with E-state index in [1.807, 2.05) is 6.08 Å². The molecule has 1 amide bonds. The summed E-state index contributed by atoms with van der Waals surface area (Å²) >= 11 is 0. The molecule has 0 aromatic carbocycles. The Morgan fingerprint density at radius 2 is 0.489 bits per heavy atom. The van der Waals surface area contributed by atoms with Crippen LogP contribution in [0.25, 0.3) is 0 Å². The first-order valence-electron chi connectivity index (χ1n) is 44.0. The third kappa shape index (κ3) is 79.6. The monoisotopic (exact) mass is 1320 g/mol. The van der Waals surface area contributed by atoms with Crippen LogP contribution in [-0.4, -0.2) is 47.4 Å². The number of aliphatic hydroxyl groups excluding tert-OH is 2. The number of amides is 1. The maximum absolute atomic E-state index is 12.6. The zero-order valence-electron chi connectivity index (χ0n) is 64.5. The molecule has 0 rings (SSSR count). The molecule has 0 aliphatic carbocycles. The van der Waals surface area contributed by atoms with Gasteiger partial charge in [0, 0.05) is 12.8 Å². The van der Waals surface area contributed by atoms with Crippen LogP contribution in [0.1, 0.15) is 515 Å². The van der Waals surface area contributed by atoms with Crippen LogP contribution in [0.5, 0.6) is 0 Å². The number of carbonyl (C=O) groups excluding carboxylic acids is 2. The molecule has 0 saturated carbocycles. The van der Waals surface area contributed by atoms with Crippen molar-refractivity contribution in [3.8, 4) is 0 Å². The molecule has 6 nitrogen and oxygen atoms in total. The highest BCUT2D eigenvalue weighted by Gasteiger charge is 2.18. The van der Waals surface area contributed by atoms with E-state index in [1.54, 1.807) is 6.08 Å². The predicted octanol–water partition coefficient (Wildman–Crippen LogP) is 29.4. The quantitative estimate of drug-likeness (QED) is 0.0320. The van der Waals surface area contributed by atoms with Gasteiger partial charge in [-0.05, 0) is 32.1 Å². The number of hydrogen-bond donors (Lipinski definition) is 3. The molecule has 0 aliphatic heterocycles. The van der Waals surface area contributed by atoms with Gasteiger partial charge in [0.1, 0.15) is 0 Å². The number of rotatable bonds is 84. The van der Waals surface area contributed by atoms with Crippen LogP contribution in [0.3, 0.4) is 0 Å². The van der Waals surface area contributed by atoms with Crippen molar-refractivity contribution >= 4 is 11.9 Å². The highest BCUT2D eigenvalue weighted by Crippen LogP contribution is 2.21. The minimum absolute atomic E-state index is 0.0286. The highest BCUT2D eigenvalue weighted by atomic mass is 16.5. The molecule has 0 spiro atoms. The molecule has 0 aliphatic rings. The SMILES string of the molecule is CCCCCCCCCCCCCCCCCCCCCCC/C=C/C(O)C(CO)NC(=O)CCCCCCCCCCCCCCCCCCCCCCCCCCCCCCCCCCCCCCCOC(=O)CCCCCCCCCCCCCCCCCCC. The Morgan fingerprint density at radius 1 is 0.287 bits per heavy atom. The van der Waals surface area contributed by atoms with E-state index in [1.165, 1.54) is 449 Å². The molecule has 0 aromatic heterocycles. The summed E-state index contributed by atoms with van der Waals surface area (Å²) < 4.78 is 5.52. The Morgan fingerprint density at radius 3 is 0.723 bits per heavy atom. The standard InChI is InChI=1S/C88H173NO5/c1-3-5-7-9-11-13-15-17-19-21-22-23-39-42-45-49-52-56-60-64-68-72-76-80-86(91)85(84-90)89-87(92)81-77-73-69-65-61-57-53-50-46-43-40-37-35-33-31-29-27-25-24-26-28-30-32-34-36-38-41-44-47-51-55-59-63-67-71-75-79-83-94-88(93)82-78-74-70-66-62-58-54-48-20-18-16-14-12-10-8-6-4-2/h76,80,85-86,90-91H,3-75,77-79,81-84H2,1-2H3,(H,89,92)/b80-76+. The maximum Gasteiger partial charge on any atom is 0.305 e. The van der Waals surface area contributed by atoms with Gasteiger partial charge in [-0.25, -0.2) is 0 Å². The average Bonchev–Trinajstić information content (AvgIpc) is 3.75. The molecule has 560 valence electrons. The molecule has 0 fully saturated rings. The van der Waals surface area contributed by atoms with Gasteiger partial charge in [0.15, 0.2) is 0 Å². The van der Waals surface area contributed by atoms with E-state index in [-0.39, 0.29) is 18.5 Å². The molecule has 0 radical (unpaired) electrons. The molecular formula is C88H173NO5. The largest absolute Gasteiger partial charge is 0.466 e. The van der Waals surface area contributed by atoms with Crippen LogP contribution < -0.4 is 5.32 Å². The first-order chi connectivity index (χ1) is 46.5. The zero-order valence-corrected chi connectivity index (χ0v) is 64.5. The second kappa shape index (κ2) is 84.0. The molecule has 2 unspecified atom stereocenters. The summed E-state index contributed by atoms with van der Waals surface area (Å²) in [5.41, 5.74) is 0. The van der Waals surface area contributed by atoms with E-state index in [0.29, 0.717) is 19.4 Å². The van der Waals surface area contributed by atoms with Gasteiger partial charge in [0.25, 0.3) is 0 Å². The van der Waals surface area contributed by atoms with Crippen molar-refractivity contribution in [2.24, 2.45) is 0 Å². The van der Waals surface area contributed by atoms with Crippen LogP contribution in [0, 0.1) is 0 Å². The van der Waals surface area contributed by atoms with E-state index in [0.717, 1.165) is 38.5 Å². The normalized spacial score (nSPS) is 12.4. The lowest BCUT2D eigenvalue weighted by atomic mass is 10.0. The van der Waals surface area contributed by atoms with Gasteiger partial charge in [-0.3, -0.25) is 9.59 Å². The van der Waals surface area contributed by atoms with E-state index < -0.39 is 12.1 Å². The van der Waals surface area contributed by atoms with E-state index in [4.69, 9.17) is 4.74 Å². The first-order valence-corrected chi connectivity index (χ1v) is 44.0. The Labute approximate surface area is 590 Å². The smallest absolute Gasteiger partial charge is 0.305 e. The number of esters is 1. The van der Waals surface area contributed by atoms with Crippen molar-refractivity contribution in [2.45, 2.75) is 527 Å². The van der Waals surface area contributed by atoms with Crippen molar-refractivity contribution in [3.63, 3.8) is 0 Å². The predicted molar refractivity (Wildman–Crippen MR) is 417 cm³/mol. The fraction of sp³-hybridized carbons (Fsp3) is 0.955. The third-order valence-corrected chi connectivity index (χ3v) is 21.1. The number of hydrogen-bond acceptors (Lipinski definition) is 5. The summed E-state index contributed by atoms with van der Waals surface area (Å²) in [6, 6.07) is -0.624. The topological polar surface area (TPSA) is 95.9 Å². The molecule has 94 heavy (non-hydrogen) atoms. The fourth-order valence-electron chi connectivity index (χ4n) is 14.4. The summed E-state index contributed by atoms with van der Waals surface area (Å²) in [7, 11) is 0. The van der Waals surface area contributed by atoms with Gasteiger partial charge >= 0.3 is 5.97 Å². The molecule has 6 heteroatoms. The minimum atomic E-state index is -0.841. The summed E-state index contributed by atoms with van der Waals surface area (Å²) in [6.45, 7) is 4.98. The number of aliphatic hydroxyl groups is 2. The number of carbonyl (C=O) groups is 2. The molecular weight excluding hydrogens is 1150 g/mol. The zero-order chi connectivity index (χ0) is 67.7. The van der Waals surface area contributed by atoms with E-state index >= 15 is 0 Å². The van der Waals surface area contributed by atoms with Crippen LogP contribution in [-0.2, 0) is 14.3 Å². The lowest BCUT2D eigenvalue weighted by Gasteiger charge is -2.20. The van der Waals surface area contributed by atoms with Crippen LogP contribution >= 0.6 is 0 Å². The van der Waals surface area contributed by atoms with Gasteiger partial charge in [-0.2, -0.15) is 0 Å². The summed E-state index contributed by atoms with van der Waals surface area (Å²) in [4.78, 5) is 24.7. The van der Waals surface area contributed by atoms with Crippen molar-refractivity contribution < 1.29 is 24.5 Å². The molecule has 3 N–H and O–H groups in total. The number of unbranched alkanes of at least 4 members (excludes halogenated alkanes) is 73. The Bertz CT molecular complexity index is 1430. The van der Waals surface area contributed by atoms with Crippen molar-refractivity contribution in [1.29, 1.82) is 0 Å². The summed E-state index contributed by atoms with van der Waals surface area (Å²) in [6.07, 6.45) is 108. The third-order valence-electron chi connectivity index (χ3n) is 21.1. The van der Waals surface area contributed by atoms with Crippen molar-refractivity contribution in [1.82, 2.24) is 5.32 Å². The Balaban J connectivity index is 3.31. The second-order valence-corrected chi connectivity index (χ2v) is 30.6. The lowest BCUT2D eigenvalue weighted by Crippen LogP contribution is -2.45. The van der Waals surface area contributed by atoms with Gasteiger partial charge < -0.3 is 20.3 Å². The van der Waals surface area contributed by atoms with Crippen molar-refractivity contribution in [3.05, 3.63) is 12.2 Å². The molecule has 0 bridgehead atoms. The Kier molecular flexibility index (Phi) is 82.8. The number of nitrogens with one attached hydrogen (secondary N) is 1. The van der Waals surface area contributed by atoms with Crippen molar-refractivity contribution in [2.75, 3.05) is 13.2 Å². The van der Waals surface area contributed by atoms with Gasteiger partial charge in [0.2, 0.25) is 5.91 Å². The summed E-state index contributed by atoms with van der Waals surface area (Å²) in [5.74, 6) is -0.0275. The van der Waals surface area contributed by atoms with Crippen LogP contribution in [0.4, 0.5) is 0 Å². The van der Waals surface area contributed by atoms with Gasteiger partial charge in [-0.15, -0.1) is 0 Å². The first kappa shape index (κ1) is 92.6. The van der Waals surface area contributed by atoms with Gasteiger partial charge in [-0.1, -0.05) is 482 Å². The van der Waals surface area contributed by atoms with E-state index in [2.05, 4.69) is 19.2 Å². The average molecular weight is 1330 g/mol. The maximum atomic E-state index is 12.6. The highest BCUT2D eigenvalue weighted by molar-refractivity contribution is 5.76. The molecule has 0 saturated heterocycles. The number of ether oxygens (including phenoxy) is 1.